The van der Waals surface area contributed by atoms with Gasteiger partial charge in [0.05, 0.1) is 6.20 Å². The van der Waals surface area contributed by atoms with Crippen molar-refractivity contribution in [2.24, 2.45) is 0 Å². The molecule has 0 saturated heterocycles. The highest BCUT2D eigenvalue weighted by molar-refractivity contribution is 5.91. The first-order valence-corrected chi connectivity index (χ1v) is 6.11. The second kappa shape index (κ2) is 5.77. The fraction of sp³-hybridized carbons (Fsp3) is 0.727. The summed E-state index contributed by atoms with van der Waals surface area (Å²) in [5, 5.41) is 12.6. The van der Waals surface area contributed by atoms with Crippen LogP contribution in [0.25, 0.3) is 0 Å². The fourth-order valence-corrected chi connectivity index (χ4v) is 2.27. The van der Waals surface area contributed by atoms with Gasteiger partial charge in [0.25, 0.3) is 5.91 Å². The third kappa shape index (κ3) is 3.26. The Morgan fingerprint density at radius 1 is 1.59 bits per heavy atom. The highest BCUT2D eigenvalue weighted by atomic mass is 16.1. The van der Waals surface area contributed by atoms with Gasteiger partial charge in [-0.3, -0.25) is 4.79 Å². The Balaban J connectivity index is 1.67. The number of rotatable bonds is 5. The number of amides is 1. The van der Waals surface area contributed by atoms with Gasteiger partial charge in [0.15, 0.2) is 5.69 Å². The average Bonchev–Trinajstić information content (AvgIpc) is 3.02. The van der Waals surface area contributed by atoms with E-state index < -0.39 is 0 Å². The van der Waals surface area contributed by atoms with Crippen molar-refractivity contribution in [3.05, 3.63) is 11.9 Å². The normalized spacial score (nSPS) is 16.6. The maximum Gasteiger partial charge on any atom is 0.273 e. The Kier molecular flexibility index (Phi) is 4.08. The number of aromatic nitrogens is 3. The Labute approximate surface area is 101 Å². The van der Waals surface area contributed by atoms with Crippen LogP contribution in [0.5, 0.6) is 0 Å². The molecule has 1 saturated carbocycles. The first-order valence-electron chi connectivity index (χ1n) is 6.11. The molecule has 1 aliphatic rings. The summed E-state index contributed by atoms with van der Waals surface area (Å²) < 4.78 is 0. The zero-order valence-corrected chi connectivity index (χ0v) is 10.1. The maximum absolute atomic E-state index is 11.6. The van der Waals surface area contributed by atoms with Gasteiger partial charge in [0.1, 0.15) is 0 Å². The third-order valence-corrected chi connectivity index (χ3v) is 3.35. The molecule has 2 N–H and O–H groups in total. The van der Waals surface area contributed by atoms with E-state index in [0.29, 0.717) is 18.3 Å². The number of carbonyl (C=O) groups excluding carboxylic acids is 1. The van der Waals surface area contributed by atoms with Gasteiger partial charge < -0.3 is 10.2 Å². The number of hydrogen-bond donors (Lipinski definition) is 2. The quantitative estimate of drug-likeness (QED) is 0.778. The summed E-state index contributed by atoms with van der Waals surface area (Å²) in [4.78, 5) is 13.9. The van der Waals surface area contributed by atoms with Crippen molar-refractivity contribution >= 4 is 5.91 Å². The Hall–Kier alpha value is -1.43. The van der Waals surface area contributed by atoms with E-state index in [-0.39, 0.29) is 5.91 Å². The van der Waals surface area contributed by atoms with E-state index in [2.05, 4.69) is 32.7 Å². The molecule has 0 unspecified atom stereocenters. The van der Waals surface area contributed by atoms with Crippen molar-refractivity contribution in [3.8, 4) is 0 Å². The molecular weight excluding hydrogens is 218 g/mol. The third-order valence-electron chi connectivity index (χ3n) is 3.35. The smallest absolute Gasteiger partial charge is 0.273 e. The molecule has 1 amide bonds. The lowest BCUT2D eigenvalue weighted by Gasteiger charge is -2.23. The molecular formula is C11H19N5O. The second-order valence-corrected chi connectivity index (χ2v) is 4.53. The minimum absolute atomic E-state index is 0.168. The number of nitrogens with zero attached hydrogens (tertiary/aromatic N) is 3. The van der Waals surface area contributed by atoms with Crippen molar-refractivity contribution in [3.63, 3.8) is 0 Å². The topological polar surface area (TPSA) is 73.9 Å². The lowest BCUT2D eigenvalue weighted by Crippen LogP contribution is -2.37. The summed E-state index contributed by atoms with van der Waals surface area (Å²) in [6.07, 6.45) is 6.66. The van der Waals surface area contributed by atoms with Gasteiger partial charge in [0, 0.05) is 19.1 Å². The SMILES string of the molecule is CN(CCNC(=O)c1cn[nH]n1)C1CCCC1. The fourth-order valence-electron chi connectivity index (χ4n) is 2.27. The van der Waals surface area contributed by atoms with E-state index in [4.69, 9.17) is 0 Å². The van der Waals surface area contributed by atoms with Crippen LogP contribution in [0.15, 0.2) is 6.20 Å². The van der Waals surface area contributed by atoms with Gasteiger partial charge >= 0.3 is 0 Å². The van der Waals surface area contributed by atoms with Crippen LogP contribution in [0.3, 0.4) is 0 Å². The minimum atomic E-state index is -0.168. The van der Waals surface area contributed by atoms with E-state index in [1.54, 1.807) is 0 Å². The van der Waals surface area contributed by atoms with E-state index in [1.807, 2.05) is 0 Å². The number of H-pyrrole nitrogens is 1. The van der Waals surface area contributed by atoms with Gasteiger partial charge in [-0.25, -0.2) is 0 Å². The van der Waals surface area contributed by atoms with Crippen LogP contribution < -0.4 is 5.32 Å². The summed E-state index contributed by atoms with van der Waals surface area (Å²) >= 11 is 0. The van der Waals surface area contributed by atoms with E-state index in [1.165, 1.54) is 31.9 Å². The Morgan fingerprint density at radius 2 is 2.35 bits per heavy atom. The predicted molar refractivity (Wildman–Crippen MR) is 63.6 cm³/mol. The summed E-state index contributed by atoms with van der Waals surface area (Å²) in [5.41, 5.74) is 0.341. The number of nitrogens with one attached hydrogen (secondary N) is 2. The molecule has 0 aliphatic heterocycles. The average molecular weight is 237 g/mol. The van der Waals surface area contributed by atoms with Crippen molar-refractivity contribution in [1.82, 2.24) is 25.6 Å². The van der Waals surface area contributed by atoms with Crippen LogP contribution in [0, 0.1) is 0 Å². The van der Waals surface area contributed by atoms with Gasteiger partial charge in [-0.2, -0.15) is 15.4 Å². The minimum Gasteiger partial charge on any atom is -0.349 e. The number of carbonyl (C=O) groups is 1. The van der Waals surface area contributed by atoms with Crippen molar-refractivity contribution < 1.29 is 4.79 Å². The molecule has 1 aromatic heterocycles. The molecule has 17 heavy (non-hydrogen) atoms. The van der Waals surface area contributed by atoms with E-state index in [0.717, 1.165) is 6.54 Å². The lowest BCUT2D eigenvalue weighted by molar-refractivity contribution is 0.0942. The standard InChI is InChI=1S/C11H19N5O/c1-16(9-4-2-3-5-9)7-6-12-11(17)10-8-13-15-14-10/h8-9H,2-7H2,1H3,(H,12,17)(H,13,14,15). The van der Waals surface area contributed by atoms with Crippen molar-refractivity contribution in [2.45, 2.75) is 31.7 Å². The van der Waals surface area contributed by atoms with Crippen LogP contribution in [0.4, 0.5) is 0 Å². The van der Waals surface area contributed by atoms with Crippen LogP contribution >= 0.6 is 0 Å². The van der Waals surface area contributed by atoms with E-state index in [9.17, 15) is 4.79 Å². The van der Waals surface area contributed by atoms with Gasteiger partial charge in [-0.1, -0.05) is 12.8 Å². The highest BCUT2D eigenvalue weighted by Crippen LogP contribution is 2.21. The van der Waals surface area contributed by atoms with Crippen LogP contribution in [0.1, 0.15) is 36.2 Å². The zero-order valence-electron chi connectivity index (χ0n) is 10.1. The molecule has 0 radical (unpaired) electrons. The predicted octanol–water partition coefficient (Wildman–Crippen LogP) is 0.409. The number of aromatic amines is 1. The Morgan fingerprint density at radius 3 is 3.00 bits per heavy atom. The molecule has 1 aromatic rings. The van der Waals surface area contributed by atoms with Crippen LogP contribution in [-0.2, 0) is 0 Å². The van der Waals surface area contributed by atoms with Crippen molar-refractivity contribution in [1.29, 1.82) is 0 Å². The molecule has 6 nitrogen and oxygen atoms in total. The zero-order chi connectivity index (χ0) is 12.1. The molecule has 1 heterocycles. The molecule has 0 aromatic carbocycles. The van der Waals surface area contributed by atoms with E-state index >= 15 is 0 Å². The molecule has 6 heteroatoms. The van der Waals surface area contributed by atoms with Crippen molar-refractivity contribution in [2.75, 3.05) is 20.1 Å². The molecule has 2 rings (SSSR count). The molecule has 1 fully saturated rings. The van der Waals surface area contributed by atoms with Crippen LogP contribution in [-0.4, -0.2) is 52.4 Å². The molecule has 1 aliphatic carbocycles. The second-order valence-electron chi connectivity index (χ2n) is 4.53. The first kappa shape index (κ1) is 12.0. The lowest BCUT2D eigenvalue weighted by atomic mass is 10.2. The molecule has 0 bridgehead atoms. The van der Waals surface area contributed by atoms with Crippen LogP contribution in [0.2, 0.25) is 0 Å². The monoisotopic (exact) mass is 237 g/mol. The number of hydrogen-bond acceptors (Lipinski definition) is 4. The molecule has 0 atom stereocenters. The van der Waals surface area contributed by atoms with Gasteiger partial charge in [0.2, 0.25) is 0 Å². The first-order chi connectivity index (χ1) is 8.27. The summed E-state index contributed by atoms with van der Waals surface area (Å²) in [6.45, 7) is 1.53. The van der Waals surface area contributed by atoms with Gasteiger partial charge in [-0.15, -0.1) is 0 Å². The largest absolute Gasteiger partial charge is 0.349 e. The molecule has 0 spiro atoms. The summed E-state index contributed by atoms with van der Waals surface area (Å²) in [5.74, 6) is -0.168. The summed E-state index contributed by atoms with van der Waals surface area (Å²) in [7, 11) is 2.12. The highest BCUT2D eigenvalue weighted by Gasteiger charge is 2.19. The number of likely N-dealkylation sites (N-methyl/N-ethyl adjacent to an activating group) is 1. The Bertz CT molecular complexity index is 345. The van der Waals surface area contributed by atoms with Gasteiger partial charge in [-0.05, 0) is 19.9 Å². The summed E-state index contributed by atoms with van der Waals surface area (Å²) in [6, 6.07) is 0.693. The maximum atomic E-state index is 11.6. The molecule has 94 valence electrons.